The molecule has 0 bridgehead atoms. The maximum Gasteiger partial charge on any atom is 0.236 e. The molecule has 4 heteroatoms. The Labute approximate surface area is 109 Å². The number of carbonyl (C=O) groups excluding carboxylic acids is 2. The van der Waals surface area contributed by atoms with Crippen molar-refractivity contribution >= 4 is 11.8 Å². The predicted octanol–water partition coefficient (Wildman–Crippen LogP) is 1.92. The molecular weight excluding hydrogens is 228 g/mol. The van der Waals surface area contributed by atoms with E-state index < -0.39 is 11.3 Å². The molecule has 0 fully saturated rings. The molecule has 0 saturated heterocycles. The van der Waals surface area contributed by atoms with E-state index in [0.29, 0.717) is 6.54 Å². The van der Waals surface area contributed by atoms with Crippen molar-refractivity contribution in [2.75, 3.05) is 6.54 Å². The molecule has 0 radical (unpaired) electrons. The van der Waals surface area contributed by atoms with Crippen molar-refractivity contribution < 1.29 is 9.59 Å². The van der Waals surface area contributed by atoms with Crippen LogP contribution in [0.25, 0.3) is 0 Å². The average Bonchev–Trinajstić information content (AvgIpc) is 2.33. The number of rotatable bonds is 10. The van der Waals surface area contributed by atoms with Crippen molar-refractivity contribution in [2.45, 2.75) is 39.0 Å². The van der Waals surface area contributed by atoms with Crippen LogP contribution in [0.15, 0.2) is 25.3 Å². The highest BCUT2D eigenvalue weighted by atomic mass is 16.2. The van der Waals surface area contributed by atoms with Crippen LogP contribution < -0.4 is 11.1 Å². The summed E-state index contributed by atoms with van der Waals surface area (Å²) in [5, 5.41) is 2.77. The van der Waals surface area contributed by atoms with E-state index in [0.717, 1.165) is 19.3 Å². The summed E-state index contributed by atoms with van der Waals surface area (Å²) in [6, 6.07) is 0. The molecule has 0 spiro atoms. The van der Waals surface area contributed by atoms with Gasteiger partial charge in [-0.15, -0.1) is 13.2 Å². The van der Waals surface area contributed by atoms with Gasteiger partial charge in [-0.2, -0.15) is 0 Å². The number of amides is 2. The number of nitrogens with two attached hydrogens (primary N) is 1. The molecular formula is C14H24N2O2. The first-order chi connectivity index (χ1) is 8.55. The van der Waals surface area contributed by atoms with E-state index in [1.165, 1.54) is 0 Å². The van der Waals surface area contributed by atoms with E-state index in [1.54, 1.807) is 12.2 Å². The summed E-state index contributed by atoms with van der Waals surface area (Å²) >= 11 is 0. The fraction of sp³-hybridized carbons (Fsp3) is 0.571. The van der Waals surface area contributed by atoms with Gasteiger partial charge in [-0.05, 0) is 19.3 Å². The second-order valence-electron chi connectivity index (χ2n) is 4.39. The molecule has 0 aliphatic heterocycles. The Morgan fingerprint density at radius 1 is 1.22 bits per heavy atom. The highest BCUT2D eigenvalue weighted by Gasteiger charge is 2.41. The third-order valence-corrected chi connectivity index (χ3v) is 2.96. The highest BCUT2D eigenvalue weighted by Crippen LogP contribution is 2.27. The van der Waals surface area contributed by atoms with Crippen LogP contribution in [0.4, 0.5) is 0 Å². The third-order valence-electron chi connectivity index (χ3n) is 2.96. The predicted molar refractivity (Wildman–Crippen MR) is 73.8 cm³/mol. The zero-order valence-corrected chi connectivity index (χ0v) is 11.2. The van der Waals surface area contributed by atoms with Crippen LogP contribution in [0.1, 0.15) is 39.0 Å². The lowest BCUT2D eigenvalue weighted by Gasteiger charge is -2.27. The van der Waals surface area contributed by atoms with Crippen molar-refractivity contribution in [3.05, 3.63) is 25.3 Å². The van der Waals surface area contributed by atoms with E-state index >= 15 is 0 Å². The number of hydrogen-bond acceptors (Lipinski definition) is 2. The Kier molecular flexibility index (Phi) is 7.76. The molecule has 18 heavy (non-hydrogen) atoms. The van der Waals surface area contributed by atoms with Gasteiger partial charge >= 0.3 is 0 Å². The zero-order chi connectivity index (χ0) is 14.0. The number of unbranched alkanes of at least 4 members (excludes halogenated alkanes) is 2. The third kappa shape index (κ3) is 4.35. The van der Waals surface area contributed by atoms with Gasteiger partial charge in [0.2, 0.25) is 11.8 Å². The molecule has 0 aromatic heterocycles. The first kappa shape index (κ1) is 16.4. The maximum atomic E-state index is 12.1. The van der Waals surface area contributed by atoms with Gasteiger partial charge < -0.3 is 11.1 Å². The van der Waals surface area contributed by atoms with Crippen molar-refractivity contribution in [1.29, 1.82) is 0 Å². The molecule has 0 unspecified atom stereocenters. The van der Waals surface area contributed by atoms with Crippen LogP contribution in [0.5, 0.6) is 0 Å². The molecule has 2 amide bonds. The van der Waals surface area contributed by atoms with Crippen LogP contribution in [0.3, 0.4) is 0 Å². The molecule has 0 aliphatic rings. The molecule has 0 atom stereocenters. The second-order valence-corrected chi connectivity index (χ2v) is 4.39. The zero-order valence-electron chi connectivity index (χ0n) is 11.2. The quantitative estimate of drug-likeness (QED) is 0.354. The molecule has 4 nitrogen and oxygen atoms in total. The van der Waals surface area contributed by atoms with E-state index in [4.69, 9.17) is 5.73 Å². The monoisotopic (exact) mass is 252 g/mol. The van der Waals surface area contributed by atoms with Crippen molar-refractivity contribution in [1.82, 2.24) is 5.32 Å². The molecule has 0 saturated carbocycles. The van der Waals surface area contributed by atoms with Gasteiger partial charge in [-0.25, -0.2) is 0 Å². The van der Waals surface area contributed by atoms with Gasteiger partial charge in [0, 0.05) is 6.54 Å². The molecule has 0 aromatic rings. The minimum atomic E-state index is -1.24. The van der Waals surface area contributed by atoms with Crippen LogP contribution in [-0.2, 0) is 9.59 Å². The minimum Gasteiger partial charge on any atom is -0.369 e. The molecule has 102 valence electrons. The van der Waals surface area contributed by atoms with Crippen molar-refractivity contribution in [3.63, 3.8) is 0 Å². The average molecular weight is 252 g/mol. The Morgan fingerprint density at radius 2 is 1.78 bits per heavy atom. The molecule has 3 N–H and O–H groups in total. The first-order valence-electron chi connectivity index (χ1n) is 6.35. The number of carbonyl (C=O) groups is 2. The fourth-order valence-electron chi connectivity index (χ4n) is 1.82. The lowest BCUT2D eigenvalue weighted by atomic mass is 9.79. The molecule has 0 rings (SSSR count). The standard InChI is InChI=1S/C14H24N2O2/c1-4-7-8-11-16-13(18)14(9-5-2,10-6-3)12(15)17/h5-6H,2-4,7-11H2,1H3,(H2,15,17)(H,16,18). The Morgan fingerprint density at radius 3 is 2.17 bits per heavy atom. The molecule has 0 aliphatic carbocycles. The number of hydrogen-bond donors (Lipinski definition) is 2. The lowest BCUT2D eigenvalue weighted by Crippen LogP contribution is -2.49. The Bertz CT molecular complexity index is 301. The Hall–Kier alpha value is -1.58. The van der Waals surface area contributed by atoms with Crippen LogP contribution in [-0.4, -0.2) is 18.4 Å². The van der Waals surface area contributed by atoms with Gasteiger partial charge in [0.25, 0.3) is 0 Å². The van der Waals surface area contributed by atoms with E-state index in [1.807, 2.05) is 0 Å². The van der Waals surface area contributed by atoms with Crippen LogP contribution in [0.2, 0.25) is 0 Å². The summed E-state index contributed by atoms with van der Waals surface area (Å²) < 4.78 is 0. The fourth-order valence-corrected chi connectivity index (χ4v) is 1.82. The summed E-state index contributed by atoms with van der Waals surface area (Å²) in [7, 11) is 0. The molecule has 0 aromatic carbocycles. The van der Waals surface area contributed by atoms with Gasteiger partial charge in [0.05, 0.1) is 0 Å². The Balaban J connectivity index is 4.71. The summed E-state index contributed by atoms with van der Waals surface area (Å²) in [6.45, 7) is 9.81. The topological polar surface area (TPSA) is 72.2 Å². The first-order valence-corrected chi connectivity index (χ1v) is 6.35. The lowest BCUT2D eigenvalue weighted by molar-refractivity contribution is -0.141. The van der Waals surface area contributed by atoms with E-state index in [2.05, 4.69) is 25.4 Å². The van der Waals surface area contributed by atoms with Crippen molar-refractivity contribution in [3.8, 4) is 0 Å². The van der Waals surface area contributed by atoms with Gasteiger partial charge in [-0.3, -0.25) is 9.59 Å². The van der Waals surface area contributed by atoms with Crippen molar-refractivity contribution in [2.24, 2.45) is 11.1 Å². The summed E-state index contributed by atoms with van der Waals surface area (Å²) in [4.78, 5) is 23.7. The second kappa shape index (κ2) is 8.50. The summed E-state index contributed by atoms with van der Waals surface area (Å²) in [5.74, 6) is -0.957. The summed E-state index contributed by atoms with van der Waals surface area (Å²) in [6.07, 6.45) is 6.57. The normalized spacial score (nSPS) is 10.7. The minimum absolute atomic E-state index is 0.230. The molecule has 0 heterocycles. The van der Waals surface area contributed by atoms with Crippen LogP contribution >= 0.6 is 0 Å². The largest absolute Gasteiger partial charge is 0.369 e. The smallest absolute Gasteiger partial charge is 0.236 e. The van der Waals surface area contributed by atoms with Gasteiger partial charge in [-0.1, -0.05) is 31.9 Å². The number of allylic oxidation sites excluding steroid dienone is 2. The maximum absolute atomic E-state index is 12.1. The van der Waals surface area contributed by atoms with Gasteiger partial charge in [0.1, 0.15) is 5.41 Å². The van der Waals surface area contributed by atoms with Crippen LogP contribution in [0, 0.1) is 5.41 Å². The van der Waals surface area contributed by atoms with E-state index in [9.17, 15) is 9.59 Å². The number of primary amides is 1. The van der Waals surface area contributed by atoms with E-state index in [-0.39, 0.29) is 18.7 Å². The van der Waals surface area contributed by atoms with Gasteiger partial charge in [0.15, 0.2) is 0 Å². The SMILES string of the molecule is C=CCC(CC=C)(C(N)=O)C(=O)NCCCCC. The highest BCUT2D eigenvalue weighted by molar-refractivity contribution is 6.04. The summed E-state index contributed by atoms with van der Waals surface area (Å²) in [5.41, 5.74) is 4.14. The number of nitrogens with one attached hydrogen (secondary N) is 1.